The van der Waals surface area contributed by atoms with Crippen LogP contribution in [0.5, 0.6) is 0 Å². The Kier molecular flexibility index (Phi) is 4.73. The summed E-state index contributed by atoms with van der Waals surface area (Å²) in [6, 6.07) is 3.67. The van der Waals surface area contributed by atoms with Crippen LogP contribution in [0.2, 0.25) is 0 Å². The Bertz CT molecular complexity index is 918. The second kappa shape index (κ2) is 7.48. The number of amides is 1. The van der Waals surface area contributed by atoms with Crippen LogP contribution in [0.4, 0.5) is 11.8 Å². The minimum absolute atomic E-state index is 0.0294. The van der Waals surface area contributed by atoms with Gasteiger partial charge in [0.25, 0.3) is 0 Å². The number of anilines is 2. The van der Waals surface area contributed by atoms with Gasteiger partial charge in [0.1, 0.15) is 23.8 Å². The summed E-state index contributed by atoms with van der Waals surface area (Å²) in [5.74, 6) is 2.79. The molecule has 0 spiro atoms. The van der Waals surface area contributed by atoms with Gasteiger partial charge >= 0.3 is 0 Å². The first-order valence-corrected chi connectivity index (χ1v) is 8.86. The number of hydrogen-bond acceptors (Lipinski definition) is 7. The summed E-state index contributed by atoms with van der Waals surface area (Å²) in [6.45, 7) is 3.45. The SMILES string of the molecule is Cc1nccn1-c1cc(N2CCC(C(=O)Nc3ncccn3)CC2)ncn1. The standard InChI is InChI=1S/C18H20N8O/c1-13-19-7-10-26(13)16-11-15(22-12-23-16)25-8-3-14(4-9-25)17(27)24-18-20-5-2-6-21-18/h2,5-7,10-12,14H,3-4,8-9H2,1H3,(H,20,21,24,27). The van der Waals surface area contributed by atoms with Crippen LogP contribution in [0.3, 0.4) is 0 Å². The first kappa shape index (κ1) is 17.1. The molecule has 0 radical (unpaired) electrons. The molecule has 9 nitrogen and oxygen atoms in total. The Balaban J connectivity index is 1.39. The van der Waals surface area contributed by atoms with E-state index in [4.69, 9.17) is 0 Å². The highest BCUT2D eigenvalue weighted by Gasteiger charge is 2.26. The molecular formula is C18H20N8O. The van der Waals surface area contributed by atoms with Crippen LogP contribution in [0.25, 0.3) is 5.82 Å². The fraction of sp³-hybridized carbons (Fsp3) is 0.333. The highest BCUT2D eigenvalue weighted by atomic mass is 16.2. The van der Waals surface area contributed by atoms with Crippen molar-refractivity contribution < 1.29 is 4.79 Å². The molecule has 0 unspecified atom stereocenters. The van der Waals surface area contributed by atoms with Gasteiger partial charge in [-0.3, -0.25) is 14.7 Å². The number of aromatic nitrogens is 6. The summed E-state index contributed by atoms with van der Waals surface area (Å²) in [5.41, 5.74) is 0. The van der Waals surface area contributed by atoms with E-state index in [0.717, 1.165) is 43.4 Å². The number of carbonyl (C=O) groups is 1. The van der Waals surface area contributed by atoms with Gasteiger partial charge < -0.3 is 4.90 Å². The number of imidazole rings is 1. The molecule has 1 amide bonds. The molecule has 1 aliphatic heterocycles. The van der Waals surface area contributed by atoms with Crippen LogP contribution in [0, 0.1) is 12.8 Å². The van der Waals surface area contributed by atoms with Gasteiger partial charge in [0.05, 0.1) is 0 Å². The molecule has 0 saturated carbocycles. The van der Waals surface area contributed by atoms with Crippen molar-refractivity contribution in [3.8, 4) is 5.82 Å². The number of hydrogen-bond donors (Lipinski definition) is 1. The molecule has 1 saturated heterocycles. The number of rotatable bonds is 4. The lowest BCUT2D eigenvalue weighted by atomic mass is 9.96. The molecule has 1 N–H and O–H groups in total. The molecule has 3 aromatic heterocycles. The lowest BCUT2D eigenvalue weighted by Gasteiger charge is -2.32. The van der Waals surface area contributed by atoms with Gasteiger partial charge in [0.15, 0.2) is 0 Å². The quantitative estimate of drug-likeness (QED) is 0.750. The van der Waals surface area contributed by atoms with Gasteiger partial charge in [-0.05, 0) is 25.8 Å². The van der Waals surface area contributed by atoms with Crippen LogP contribution in [-0.2, 0) is 4.79 Å². The van der Waals surface area contributed by atoms with Crippen LogP contribution in [0.15, 0.2) is 43.2 Å². The van der Waals surface area contributed by atoms with E-state index in [1.54, 1.807) is 31.0 Å². The lowest BCUT2D eigenvalue weighted by molar-refractivity contribution is -0.120. The van der Waals surface area contributed by atoms with Gasteiger partial charge in [0, 0.05) is 49.9 Å². The summed E-state index contributed by atoms with van der Waals surface area (Å²) in [5, 5.41) is 2.78. The monoisotopic (exact) mass is 364 g/mol. The summed E-state index contributed by atoms with van der Waals surface area (Å²) in [7, 11) is 0. The number of carbonyl (C=O) groups excluding carboxylic acids is 1. The normalized spacial score (nSPS) is 14.9. The van der Waals surface area contributed by atoms with Crippen molar-refractivity contribution in [1.29, 1.82) is 0 Å². The highest BCUT2D eigenvalue weighted by Crippen LogP contribution is 2.23. The van der Waals surface area contributed by atoms with Crippen molar-refractivity contribution in [1.82, 2.24) is 29.5 Å². The minimum Gasteiger partial charge on any atom is -0.356 e. The number of aryl methyl sites for hydroxylation is 1. The first-order chi connectivity index (χ1) is 13.2. The molecule has 9 heteroatoms. The zero-order valence-electron chi connectivity index (χ0n) is 15.0. The fourth-order valence-corrected chi connectivity index (χ4v) is 3.21. The molecule has 1 aliphatic rings. The smallest absolute Gasteiger partial charge is 0.229 e. The lowest BCUT2D eigenvalue weighted by Crippen LogP contribution is -2.38. The Morgan fingerprint density at radius 2 is 1.78 bits per heavy atom. The van der Waals surface area contributed by atoms with E-state index in [2.05, 4.69) is 35.1 Å². The average molecular weight is 364 g/mol. The molecule has 27 heavy (non-hydrogen) atoms. The number of piperidine rings is 1. The third-order valence-electron chi connectivity index (χ3n) is 4.70. The molecule has 138 valence electrons. The highest BCUT2D eigenvalue weighted by molar-refractivity contribution is 5.91. The largest absolute Gasteiger partial charge is 0.356 e. The van der Waals surface area contributed by atoms with E-state index in [1.165, 1.54) is 0 Å². The van der Waals surface area contributed by atoms with Crippen molar-refractivity contribution in [2.24, 2.45) is 5.92 Å². The number of nitrogens with zero attached hydrogens (tertiary/aromatic N) is 7. The second-order valence-electron chi connectivity index (χ2n) is 6.40. The number of nitrogens with one attached hydrogen (secondary N) is 1. The molecule has 0 aliphatic carbocycles. The van der Waals surface area contributed by atoms with E-state index in [-0.39, 0.29) is 11.8 Å². The topological polar surface area (TPSA) is 102 Å². The molecule has 3 aromatic rings. The van der Waals surface area contributed by atoms with E-state index in [0.29, 0.717) is 5.95 Å². The maximum atomic E-state index is 12.4. The van der Waals surface area contributed by atoms with E-state index >= 15 is 0 Å². The zero-order chi connectivity index (χ0) is 18.6. The summed E-state index contributed by atoms with van der Waals surface area (Å²) >= 11 is 0. The van der Waals surface area contributed by atoms with Crippen molar-refractivity contribution in [2.45, 2.75) is 19.8 Å². The summed E-state index contributed by atoms with van der Waals surface area (Å²) < 4.78 is 1.92. The predicted octanol–water partition coefficient (Wildman–Crippen LogP) is 1.62. The Morgan fingerprint density at radius 1 is 1.04 bits per heavy atom. The molecular weight excluding hydrogens is 344 g/mol. The maximum Gasteiger partial charge on any atom is 0.229 e. The summed E-state index contributed by atoms with van der Waals surface area (Å²) in [6.07, 6.45) is 9.92. The average Bonchev–Trinajstić information content (AvgIpc) is 3.15. The molecule has 0 atom stereocenters. The van der Waals surface area contributed by atoms with Crippen LogP contribution < -0.4 is 10.2 Å². The van der Waals surface area contributed by atoms with E-state index < -0.39 is 0 Å². The Labute approximate surface area is 156 Å². The van der Waals surface area contributed by atoms with Crippen LogP contribution in [-0.4, -0.2) is 48.5 Å². The third-order valence-corrected chi connectivity index (χ3v) is 4.70. The predicted molar refractivity (Wildman–Crippen MR) is 99.5 cm³/mol. The van der Waals surface area contributed by atoms with Gasteiger partial charge in [0.2, 0.25) is 11.9 Å². The molecule has 0 bridgehead atoms. The van der Waals surface area contributed by atoms with Crippen LogP contribution in [0.1, 0.15) is 18.7 Å². The van der Waals surface area contributed by atoms with Gasteiger partial charge in [-0.2, -0.15) is 0 Å². The fourth-order valence-electron chi connectivity index (χ4n) is 3.21. The summed E-state index contributed by atoms with van der Waals surface area (Å²) in [4.78, 5) is 35.6. The van der Waals surface area contributed by atoms with Crippen molar-refractivity contribution in [3.05, 3.63) is 49.1 Å². The van der Waals surface area contributed by atoms with Gasteiger partial charge in [-0.1, -0.05) is 0 Å². The molecule has 4 rings (SSSR count). The Hall–Kier alpha value is -3.36. The molecule has 4 heterocycles. The first-order valence-electron chi connectivity index (χ1n) is 8.86. The molecule has 1 fully saturated rings. The third kappa shape index (κ3) is 3.76. The maximum absolute atomic E-state index is 12.4. The van der Waals surface area contributed by atoms with E-state index in [1.807, 2.05) is 23.8 Å². The molecule has 0 aromatic carbocycles. The van der Waals surface area contributed by atoms with Gasteiger partial charge in [-0.25, -0.2) is 24.9 Å². The van der Waals surface area contributed by atoms with E-state index in [9.17, 15) is 4.79 Å². The minimum atomic E-state index is -0.0535. The second-order valence-corrected chi connectivity index (χ2v) is 6.40. The van der Waals surface area contributed by atoms with Crippen molar-refractivity contribution in [2.75, 3.05) is 23.3 Å². The van der Waals surface area contributed by atoms with Crippen LogP contribution >= 0.6 is 0 Å². The Morgan fingerprint density at radius 3 is 2.48 bits per heavy atom. The van der Waals surface area contributed by atoms with Gasteiger partial charge in [-0.15, -0.1) is 0 Å². The van der Waals surface area contributed by atoms with Crippen molar-refractivity contribution in [3.63, 3.8) is 0 Å². The zero-order valence-corrected chi connectivity index (χ0v) is 15.0. The van der Waals surface area contributed by atoms with Crippen molar-refractivity contribution >= 4 is 17.7 Å².